The van der Waals surface area contributed by atoms with Crippen molar-refractivity contribution < 1.29 is 4.74 Å². The molecule has 1 aromatic carbocycles. The molecule has 0 atom stereocenters. The van der Waals surface area contributed by atoms with Gasteiger partial charge in [-0.25, -0.2) is 4.98 Å². The summed E-state index contributed by atoms with van der Waals surface area (Å²) in [6.07, 6.45) is 0. The molecule has 0 saturated heterocycles. The van der Waals surface area contributed by atoms with Crippen LogP contribution in [0.3, 0.4) is 0 Å². The van der Waals surface area contributed by atoms with E-state index in [9.17, 15) is 0 Å². The highest BCUT2D eigenvalue weighted by Gasteiger charge is 2.18. The van der Waals surface area contributed by atoms with Crippen molar-refractivity contribution in [2.75, 3.05) is 27.2 Å². The van der Waals surface area contributed by atoms with E-state index in [2.05, 4.69) is 30.8 Å². The highest BCUT2D eigenvalue weighted by Crippen LogP contribution is 2.27. The fourth-order valence-electron chi connectivity index (χ4n) is 2.23. The molecular formula is C15H23N3OS. The van der Waals surface area contributed by atoms with Crippen molar-refractivity contribution in [3.05, 3.63) is 23.2 Å². The molecule has 0 unspecified atom stereocenters. The largest absolute Gasteiger partial charge is 0.497 e. The highest BCUT2D eigenvalue weighted by atomic mass is 32.1. The van der Waals surface area contributed by atoms with E-state index in [4.69, 9.17) is 10.5 Å². The van der Waals surface area contributed by atoms with Gasteiger partial charge in [0.05, 0.1) is 23.9 Å². The molecule has 5 heteroatoms. The molecule has 2 rings (SSSR count). The first-order chi connectivity index (χ1) is 9.43. The number of hydrogen-bond acceptors (Lipinski definition) is 5. The number of ether oxygens (including phenoxy) is 1. The normalized spacial score (nSPS) is 12.3. The Balaban J connectivity index is 2.10. The Morgan fingerprint density at radius 1 is 1.40 bits per heavy atom. The molecule has 0 radical (unpaired) electrons. The van der Waals surface area contributed by atoms with Crippen LogP contribution in [0.15, 0.2) is 18.2 Å². The zero-order valence-corrected chi connectivity index (χ0v) is 13.5. The van der Waals surface area contributed by atoms with E-state index < -0.39 is 0 Å². The summed E-state index contributed by atoms with van der Waals surface area (Å²) in [5.74, 6) is 0.880. The van der Waals surface area contributed by atoms with Gasteiger partial charge in [0.1, 0.15) is 10.8 Å². The number of benzene rings is 1. The monoisotopic (exact) mass is 293 g/mol. The van der Waals surface area contributed by atoms with E-state index in [-0.39, 0.29) is 5.41 Å². The lowest BCUT2D eigenvalue weighted by atomic mass is 9.93. The van der Waals surface area contributed by atoms with E-state index in [1.54, 1.807) is 18.4 Å². The van der Waals surface area contributed by atoms with Gasteiger partial charge in [-0.3, -0.25) is 4.90 Å². The summed E-state index contributed by atoms with van der Waals surface area (Å²) in [4.78, 5) is 6.95. The number of nitrogens with two attached hydrogens (primary N) is 1. The molecule has 0 aliphatic carbocycles. The molecule has 0 bridgehead atoms. The minimum absolute atomic E-state index is 0.134. The number of fused-ring (bicyclic) bond motifs is 1. The zero-order chi connectivity index (χ0) is 14.8. The average molecular weight is 293 g/mol. The maximum absolute atomic E-state index is 5.79. The van der Waals surface area contributed by atoms with Gasteiger partial charge in [-0.2, -0.15) is 0 Å². The van der Waals surface area contributed by atoms with Gasteiger partial charge in [0.25, 0.3) is 0 Å². The summed E-state index contributed by atoms with van der Waals surface area (Å²) in [6, 6.07) is 6.01. The third-order valence-corrected chi connectivity index (χ3v) is 4.30. The molecule has 4 nitrogen and oxygen atoms in total. The second-order valence-electron chi connectivity index (χ2n) is 5.98. The molecule has 20 heavy (non-hydrogen) atoms. The van der Waals surface area contributed by atoms with Crippen LogP contribution < -0.4 is 10.5 Å². The first-order valence-electron chi connectivity index (χ1n) is 6.75. The third-order valence-electron chi connectivity index (χ3n) is 3.30. The van der Waals surface area contributed by atoms with Crippen molar-refractivity contribution in [2.24, 2.45) is 11.1 Å². The fraction of sp³-hybridized carbons (Fsp3) is 0.533. The molecule has 1 heterocycles. The standard InChI is InChI=1S/C15H23N3OS/c1-15(2,9-16)10-18(3)8-14-17-12-6-5-11(19-4)7-13(12)20-14/h5-7H,8-10,16H2,1-4H3. The van der Waals surface area contributed by atoms with Crippen molar-refractivity contribution in [1.29, 1.82) is 0 Å². The van der Waals surface area contributed by atoms with E-state index in [0.29, 0.717) is 6.54 Å². The third kappa shape index (κ3) is 3.69. The number of aromatic nitrogens is 1. The second-order valence-corrected chi connectivity index (χ2v) is 7.10. The maximum atomic E-state index is 5.79. The Morgan fingerprint density at radius 3 is 2.80 bits per heavy atom. The summed E-state index contributed by atoms with van der Waals surface area (Å²) in [5, 5.41) is 1.13. The lowest BCUT2D eigenvalue weighted by molar-refractivity contribution is 0.210. The maximum Gasteiger partial charge on any atom is 0.120 e. The average Bonchev–Trinajstić information content (AvgIpc) is 2.78. The van der Waals surface area contributed by atoms with Crippen LogP contribution in [0, 0.1) is 5.41 Å². The van der Waals surface area contributed by atoms with Crippen molar-refractivity contribution >= 4 is 21.6 Å². The van der Waals surface area contributed by atoms with Crippen LogP contribution in [0.4, 0.5) is 0 Å². The van der Waals surface area contributed by atoms with Crippen molar-refractivity contribution in [3.63, 3.8) is 0 Å². The van der Waals surface area contributed by atoms with Gasteiger partial charge in [-0.1, -0.05) is 13.8 Å². The van der Waals surface area contributed by atoms with Crippen molar-refractivity contribution in [2.45, 2.75) is 20.4 Å². The van der Waals surface area contributed by atoms with Gasteiger partial charge in [0, 0.05) is 6.54 Å². The van der Waals surface area contributed by atoms with E-state index in [0.717, 1.165) is 29.4 Å². The van der Waals surface area contributed by atoms with E-state index >= 15 is 0 Å². The number of methoxy groups -OCH3 is 1. The minimum Gasteiger partial charge on any atom is -0.497 e. The van der Waals surface area contributed by atoms with Crippen LogP contribution in [0.1, 0.15) is 18.9 Å². The van der Waals surface area contributed by atoms with Gasteiger partial charge in [-0.05, 0) is 37.2 Å². The second kappa shape index (κ2) is 6.08. The first-order valence-corrected chi connectivity index (χ1v) is 7.57. The molecule has 0 saturated carbocycles. The molecule has 0 aliphatic rings. The molecule has 1 aromatic heterocycles. The van der Waals surface area contributed by atoms with Crippen molar-refractivity contribution in [3.8, 4) is 5.75 Å². The molecule has 0 aliphatic heterocycles. The van der Waals surface area contributed by atoms with Gasteiger partial charge in [-0.15, -0.1) is 11.3 Å². The number of hydrogen-bond donors (Lipinski definition) is 1. The Kier molecular flexibility index (Phi) is 4.62. The van der Waals surface area contributed by atoms with Crippen LogP contribution in [0.5, 0.6) is 5.75 Å². The molecule has 0 spiro atoms. The Hall–Kier alpha value is -1.17. The summed E-state index contributed by atoms with van der Waals surface area (Å²) in [7, 11) is 3.80. The molecule has 0 fully saturated rings. The summed E-state index contributed by atoms with van der Waals surface area (Å²) < 4.78 is 6.42. The summed E-state index contributed by atoms with van der Waals surface area (Å²) >= 11 is 1.72. The minimum atomic E-state index is 0.134. The van der Waals surface area contributed by atoms with Crippen LogP contribution >= 0.6 is 11.3 Å². The molecule has 0 amide bonds. The summed E-state index contributed by atoms with van der Waals surface area (Å²) in [5.41, 5.74) is 6.96. The predicted molar refractivity (Wildman–Crippen MR) is 85.3 cm³/mol. The number of nitrogens with zero attached hydrogens (tertiary/aromatic N) is 2. The van der Waals surface area contributed by atoms with Gasteiger partial charge in [0.2, 0.25) is 0 Å². The summed E-state index contributed by atoms with van der Waals surface area (Å²) in [6.45, 7) is 6.88. The van der Waals surface area contributed by atoms with Crippen molar-refractivity contribution in [1.82, 2.24) is 9.88 Å². The number of thiazole rings is 1. The van der Waals surface area contributed by atoms with Crippen LogP contribution in [0.2, 0.25) is 0 Å². The Labute approximate surface area is 124 Å². The fourth-order valence-corrected chi connectivity index (χ4v) is 3.31. The van der Waals surface area contributed by atoms with Crippen LogP contribution in [-0.2, 0) is 6.54 Å². The first kappa shape index (κ1) is 15.2. The Morgan fingerprint density at radius 2 is 2.15 bits per heavy atom. The number of rotatable bonds is 6. The molecule has 2 N–H and O–H groups in total. The lowest BCUT2D eigenvalue weighted by Crippen LogP contribution is -2.36. The quantitative estimate of drug-likeness (QED) is 0.889. The molecule has 2 aromatic rings. The Bertz CT molecular complexity index is 580. The van der Waals surface area contributed by atoms with E-state index in [1.807, 2.05) is 18.2 Å². The zero-order valence-electron chi connectivity index (χ0n) is 12.6. The van der Waals surface area contributed by atoms with Gasteiger partial charge < -0.3 is 10.5 Å². The van der Waals surface area contributed by atoms with E-state index in [1.165, 1.54) is 4.70 Å². The topological polar surface area (TPSA) is 51.4 Å². The highest BCUT2D eigenvalue weighted by molar-refractivity contribution is 7.18. The smallest absolute Gasteiger partial charge is 0.120 e. The lowest BCUT2D eigenvalue weighted by Gasteiger charge is -2.28. The van der Waals surface area contributed by atoms with Crippen LogP contribution in [0.25, 0.3) is 10.2 Å². The van der Waals surface area contributed by atoms with Gasteiger partial charge >= 0.3 is 0 Å². The van der Waals surface area contributed by atoms with Crippen LogP contribution in [-0.4, -0.2) is 37.1 Å². The van der Waals surface area contributed by atoms with Gasteiger partial charge in [0.15, 0.2) is 0 Å². The predicted octanol–water partition coefficient (Wildman–Crippen LogP) is 2.72. The molecule has 110 valence electrons. The SMILES string of the molecule is COc1ccc2nc(CN(C)CC(C)(C)CN)sc2c1. The molecular weight excluding hydrogens is 270 g/mol.